The zero-order chi connectivity index (χ0) is 18.7. The molecular weight excluding hydrogens is 342 g/mol. The van der Waals surface area contributed by atoms with Gasteiger partial charge in [-0.15, -0.1) is 0 Å². The third-order valence-electron chi connectivity index (χ3n) is 4.35. The molecule has 0 radical (unpaired) electrons. The highest BCUT2D eigenvalue weighted by atomic mass is 16.6. The van der Waals surface area contributed by atoms with Gasteiger partial charge in [0, 0.05) is 30.2 Å². The summed E-state index contributed by atoms with van der Waals surface area (Å²) in [7, 11) is 0. The number of rotatable bonds is 6. The molecule has 0 saturated carbocycles. The van der Waals surface area contributed by atoms with Gasteiger partial charge in [-0.1, -0.05) is 18.2 Å². The van der Waals surface area contributed by atoms with Crippen LogP contribution in [-0.2, 0) is 11.3 Å². The molecule has 0 bridgehead atoms. The Hall–Kier alpha value is -2.75. The van der Waals surface area contributed by atoms with Gasteiger partial charge in [0.2, 0.25) is 0 Å². The largest absolute Gasteiger partial charge is 0.394 e. The quantitative estimate of drug-likeness (QED) is 0.446. The number of hydrogen-bond acceptors (Lipinski definition) is 7. The van der Waals surface area contributed by atoms with Gasteiger partial charge in [0.25, 0.3) is 11.2 Å². The number of H-pyrrole nitrogens is 1. The van der Waals surface area contributed by atoms with Crippen molar-refractivity contribution in [2.45, 2.75) is 31.3 Å². The maximum absolute atomic E-state index is 12.3. The number of pyridine rings is 1. The molecule has 9 heteroatoms. The maximum Gasteiger partial charge on any atom is 0.274 e. The van der Waals surface area contributed by atoms with Crippen LogP contribution in [0.25, 0.3) is 0 Å². The van der Waals surface area contributed by atoms with Crippen molar-refractivity contribution in [2.75, 3.05) is 11.9 Å². The lowest BCUT2D eigenvalue weighted by Crippen LogP contribution is -2.24. The molecule has 1 aliphatic rings. The first-order valence-electron chi connectivity index (χ1n) is 8.13. The average Bonchev–Trinajstić information content (AvgIpc) is 3.00. The zero-order valence-corrected chi connectivity index (χ0v) is 13.8. The molecule has 2 heterocycles. The molecule has 1 aromatic carbocycles. The predicted molar refractivity (Wildman–Crippen MR) is 92.8 cm³/mol. The first-order chi connectivity index (χ1) is 12.5. The monoisotopic (exact) mass is 361 g/mol. The van der Waals surface area contributed by atoms with Crippen molar-refractivity contribution in [3.05, 3.63) is 68.0 Å². The number of aromatic nitrogens is 1. The average molecular weight is 361 g/mol. The second kappa shape index (κ2) is 7.65. The molecule has 9 nitrogen and oxygen atoms in total. The van der Waals surface area contributed by atoms with Crippen LogP contribution >= 0.6 is 0 Å². The Morgan fingerprint density at radius 2 is 2.08 bits per heavy atom. The van der Waals surface area contributed by atoms with E-state index in [0.717, 1.165) is 0 Å². The lowest BCUT2D eigenvalue weighted by molar-refractivity contribution is -0.385. The first-order valence-corrected chi connectivity index (χ1v) is 8.13. The molecule has 1 unspecified atom stereocenters. The molecule has 1 aliphatic heterocycles. The van der Waals surface area contributed by atoms with Crippen molar-refractivity contribution in [2.24, 2.45) is 0 Å². The zero-order valence-electron chi connectivity index (χ0n) is 13.8. The van der Waals surface area contributed by atoms with Gasteiger partial charge in [0.15, 0.2) is 0 Å². The molecule has 0 amide bonds. The van der Waals surface area contributed by atoms with E-state index >= 15 is 0 Å². The Bertz CT molecular complexity index is 852. The Morgan fingerprint density at radius 3 is 2.73 bits per heavy atom. The van der Waals surface area contributed by atoms with Crippen molar-refractivity contribution in [1.29, 1.82) is 0 Å². The SMILES string of the molecule is O=c1[nH]c(NCc2ccccc2[N+](=O)[O-])ccc1[C@H]1CC(O)[C@@H](CO)O1. The molecule has 3 atom stereocenters. The summed E-state index contributed by atoms with van der Waals surface area (Å²) >= 11 is 0. The van der Waals surface area contributed by atoms with Gasteiger partial charge in [-0.2, -0.15) is 0 Å². The third kappa shape index (κ3) is 3.74. The molecule has 1 aromatic heterocycles. The minimum absolute atomic E-state index is 0.00218. The van der Waals surface area contributed by atoms with E-state index in [1.165, 1.54) is 6.07 Å². The number of benzene rings is 1. The Kier molecular flexibility index (Phi) is 5.31. The molecule has 26 heavy (non-hydrogen) atoms. The summed E-state index contributed by atoms with van der Waals surface area (Å²) in [5.74, 6) is 0.411. The highest BCUT2D eigenvalue weighted by molar-refractivity contribution is 5.44. The summed E-state index contributed by atoms with van der Waals surface area (Å²) in [5, 5.41) is 32.9. The number of aliphatic hydroxyl groups is 2. The fraction of sp³-hybridized carbons (Fsp3) is 0.353. The summed E-state index contributed by atoms with van der Waals surface area (Å²) in [6.07, 6.45) is -1.87. The van der Waals surface area contributed by atoms with Crippen LogP contribution in [0.1, 0.15) is 23.7 Å². The molecule has 0 spiro atoms. The van der Waals surface area contributed by atoms with E-state index in [2.05, 4.69) is 10.3 Å². The fourth-order valence-corrected chi connectivity index (χ4v) is 2.96. The molecule has 1 saturated heterocycles. The highest BCUT2D eigenvalue weighted by Gasteiger charge is 2.35. The van der Waals surface area contributed by atoms with Gasteiger partial charge >= 0.3 is 0 Å². The van der Waals surface area contributed by atoms with Crippen LogP contribution in [0.3, 0.4) is 0 Å². The predicted octanol–water partition coefficient (Wildman–Crippen LogP) is 1.08. The Labute approximate surface area is 148 Å². The summed E-state index contributed by atoms with van der Waals surface area (Å²) in [6.45, 7) is -0.136. The third-order valence-corrected chi connectivity index (χ3v) is 4.35. The van der Waals surface area contributed by atoms with E-state index in [1.807, 2.05) is 0 Å². The topological polar surface area (TPSA) is 138 Å². The molecule has 2 aromatic rings. The smallest absolute Gasteiger partial charge is 0.274 e. The van der Waals surface area contributed by atoms with Gasteiger partial charge in [-0.05, 0) is 12.1 Å². The minimum atomic E-state index is -0.819. The van der Waals surface area contributed by atoms with Gasteiger partial charge in [-0.25, -0.2) is 0 Å². The van der Waals surface area contributed by atoms with Crippen LogP contribution in [0.15, 0.2) is 41.2 Å². The highest BCUT2D eigenvalue weighted by Crippen LogP contribution is 2.31. The number of nitro benzene ring substituents is 1. The summed E-state index contributed by atoms with van der Waals surface area (Å²) in [6, 6.07) is 9.57. The van der Waals surface area contributed by atoms with Crippen molar-refractivity contribution in [3.8, 4) is 0 Å². The van der Waals surface area contributed by atoms with Crippen molar-refractivity contribution >= 4 is 11.5 Å². The van der Waals surface area contributed by atoms with Crippen LogP contribution in [0.5, 0.6) is 0 Å². The number of anilines is 1. The van der Waals surface area contributed by atoms with E-state index in [9.17, 15) is 20.0 Å². The number of nitrogens with one attached hydrogen (secondary N) is 2. The normalized spacial score (nSPS) is 22.3. The summed E-state index contributed by atoms with van der Waals surface area (Å²) in [4.78, 5) is 25.5. The van der Waals surface area contributed by atoms with E-state index in [4.69, 9.17) is 9.84 Å². The van der Waals surface area contributed by atoms with Crippen LogP contribution < -0.4 is 10.9 Å². The maximum atomic E-state index is 12.3. The fourth-order valence-electron chi connectivity index (χ4n) is 2.96. The summed E-state index contributed by atoms with van der Waals surface area (Å²) < 4.78 is 5.49. The molecule has 0 aliphatic carbocycles. The number of aliphatic hydroxyl groups excluding tert-OH is 2. The molecule has 4 N–H and O–H groups in total. The number of aromatic amines is 1. The number of nitrogens with zero attached hydrogens (tertiary/aromatic N) is 1. The number of hydrogen-bond donors (Lipinski definition) is 4. The van der Waals surface area contributed by atoms with Crippen molar-refractivity contribution in [3.63, 3.8) is 0 Å². The van der Waals surface area contributed by atoms with E-state index in [-0.39, 0.29) is 30.8 Å². The van der Waals surface area contributed by atoms with Crippen LogP contribution in [0.4, 0.5) is 11.5 Å². The second-order valence-electron chi connectivity index (χ2n) is 6.04. The molecule has 138 valence electrons. The van der Waals surface area contributed by atoms with E-state index < -0.39 is 23.2 Å². The minimum Gasteiger partial charge on any atom is -0.394 e. The lowest BCUT2D eigenvalue weighted by atomic mass is 10.1. The van der Waals surface area contributed by atoms with Crippen LogP contribution in [-0.4, -0.2) is 38.9 Å². The lowest BCUT2D eigenvalue weighted by Gasteiger charge is -2.12. The van der Waals surface area contributed by atoms with Gasteiger partial charge < -0.3 is 25.3 Å². The number of ether oxygens (including phenoxy) is 1. The van der Waals surface area contributed by atoms with Gasteiger partial charge in [-0.3, -0.25) is 14.9 Å². The Balaban J connectivity index is 1.71. The summed E-state index contributed by atoms with van der Waals surface area (Å²) in [5.41, 5.74) is 0.474. The standard InChI is InChI=1S/C17H19N3O6/c21-9-15-13(22)7-14(26-15)11-5-6-16(19-17(11)23)18-8-10-3-1-2-4-12(10)20(24)25/h1-6,13-15,21-22H,7-9H2,(H2,18,19,23)/t13?,14-,15-/m1/s1. The molecular formula is C17H19N3O6. The molecule has 1 fully saturated rings. The van der Waals surface area contributed by atoms with Crippen LogP contribution in [0.2, 0.25) is 0 Å². The second-order valence-corrected chi connectivity index (χ2v) is 6.04. The first kappa shape index (κ1) is 18.1. The number of para-hydroxylation sites is 1. The molecule has 3 rings (SSSR count). The van der Waals surface area contributed by atoms with E-state index in [0.29, 0.717) is 16.9 Å². The van der Waals surface area contributed by atoms with Crippen molar-refractivity contribution < 1.29 is 19.9 Å². The number of nitro groups is 1. The van der Waals surface area contributed by atoms with Gasteiger partial charge in [0.1, 0.15) is 11.9 Å². The van der Waals surface area contributed by atoms with Crippen molar-refractivity contribution in [1.82, 2.24) is 4.98 Å². The van der Waals surface area contributed by atoms with Gasteiger partial charge in [0.05, 0.1) is 23.7 Å². The Morgan fingerprint density at radius 1 is 1.31 bits per heavy atom. The van der Waals surface area contributed by atoms with E-state index in [1.54, 1.807) is 30.3 Å². The van der Waals surface area contributed by atoms with Crippen LogP contribution in [0, 0.1) is 10.1 Å².